The number of aliphatic carboxylic acids is 1. The first-order valence-electron chi connectivity index (χ1n) is 6.66. The van der Waals surface area contributed by atoms with E-state index in [0.717, 1.165) is 22.7 Å². The summed E-state index contributed by atoms with van der Waals surface area (Å²) in [6.07, 6.45) is 2.75. The highest BCUT2D eigenvalue weighted by Gasteiger charge is 2.18. The molecule has 20 heavy (non-hydrogen) atoms. The molecule has 0 bridgehead atoms. The zero-order valence-corrected chi connectivity index (χ0v) is 12.7. The molecule has 0 aliphatic carbocycles. The molecule has 0 spiro atoms. The number of carbonyl (C=O) groups is 1. The largest absolute Gasteiger partial charge is 0.481 e. The topological polar surface area (TPSA) is 68.0 Å². The third-order valence-electron chi connectivity index (χ3n) is 2.99. The number of hydrogen-bond donors (Lipinski definition) is 1. The van der Waals surface area contributed by atoms with Gasteiger partial charge in [-0.05, 0) is 31.4 Å². The molecule has 0 aromatic carbocycles. The smallest absolute Gasteiger partial charge is 0.313 e. The summed E-state index contributed by atoms with van der Waals surface area (Å²) in [6, 6.07) is 4.00. The monoisotopic (exact) mass is 293 g/mol. The lowest BCUT2D eigenvalue weighted by Crippen LogP contribution is -2.11. The molecule has 2 aromatic heterocycles. The van der Waals surface area contributed by atoms with Crippen LogP contribution < -0.4 is 0 Å². The first-order chi connectivity index (χ1) is 9.49. The molecule has 108 valence electrons. The second kappa shape index (κ2) is 6.26. The quantitative estimate of drug-likeness (QED) is 0.828. The van der Waals surface area contributed by atoms with Crippen LogP contribution in [0.4, 0.5) is 0 Å². The van der Waals surface area contributed by atoms with Gasteiger partial charge in [-0.2, -0.15) is 0 Å². The first-order valence-corrected chi connectivity index (χ1v) is 7.65. The molecule has 2 rings (SSSR count). The summed E-state index contributed by atoms with van der Waals surface area (Å²) >= 11 is 1.25. The Balaban J connectivity index is 2.41. The SMILES string of the molecule is CC(C)CC(C)n1c(SCC(=O)O)nc2cccnc21. The van der Waals surface area contributed by atoms with Crippen LogP contribution in [0.5, 0.6) is 0 Å². The Morgan fingerprint density at radius 2 is 2.20 bits per heavy atom. The second-order valence-electron chi connectivity index (χ2n) is 5.27. The van der Waals surface area contributed by atoms with E-state index in [0.29, 0.717) is 5.92 Å². The van der Waals surface area contributed by atoms with Gasteiger partial charge < -0.3 is 9.67 Å². The molecule has 2 aromatic rings. The Morgan fingerprint density at radius 3 is 2.85 bits per heavy atom. The average Bonchev–Trinajstić information content (AvgIpc) is 2.73. The molecule has 0 aliphatic heterocycles. The van der Waals surface area contributed by atoms with Crippen LogP contribution in [0.1, 0.15) is 33.2 Å². The second-order valence-corrected chi connectivity index (χ2v) is 6.21. The van der Waals surface area contributed by atoms with Crippen LogP contribution in [-0.2, 0) is 4.79 Å². The summed E-state index contributed by atoms with van der Waals surface area (Å²) in [7, 11) is 0. The summed E-state index contributed by atoms with van der Waals surface area (Å²) in [5.41, 5.74) is 1.64. The highest BCUT2D eigenvalue weighted by Crippen LogP contribution is 2.29. The molecular weight excluding hydrogens is 274 g/mol. The van der Waals surface area contributed by atoms with Gasteiger partial charge in [-0.25, -0.2) is 9.97 Å². The number of carboxylic acids is 1. The predicted octanol–water partition coefficient (Wildman–Crippen LogP) is 3.22. The predicted molar refractivity (Wildman–Crippen MR) is 80.1 cm³/mol. The Bertz CT molecular complexity index is 609. The van der Waals surface area contributed by atoms with Crippen molar-refractivity contribution < 1.29 is 9.90 Å². The van der Waals surface area contributed by atoms with Gasteiger partial charge >= 0.3 is 5.97 Å². The van der Waals surface area contributed by atoms with Crippen LogP contribution in [0, 0.1) is 5.92 Å². The number of carboxylic acid groups (broad SMARTS) is 1. The molecule has 1 atom stereocenters. The molecule has 2 heterocycles. The zero-order chi connectivity index (χ0) is 14.7. The highest BCUT2D eigenvalue weighted by atomic mass is 32.2. The first kappa shape index (κ1) is 14.8. The van der Waals surface area contributed by atoms with E-state index in [1.807, 2.05) is 12.1 Å². The fourth-order valence-electron chi connectivity index (χ4n) is 2.32. The molecule has 6 heteroatoms. The molecular formula is C14H19N3O2S. The van der Waals surface area contributed by atoms with E-state index in [4.69, 9.17) is 5.11 Å². The van der Waals surface area contributed by atoms with E-state index in [9.17, 15) is 4.79 Å². The lowest BCUT2D eigenvalue weighted by Gasteiger charge is -2.18. The fourth-order valence-corrected chi connectivity index (χ4v) is 3.14. The van der Waals surface area contributed by atoms with E-state index < -0.39 is 5.97 Å². The van der Waals surface area contributed by atoms with Gasteiger partial charge in [-0.15, -0.1) is 0 Å². The molecule has 0 saturated carbocycles. The summed E-state index contributed by atoms with van der Waals surface area (Å²) in [4.78, 5) is 19.7. The minimum absolute atomic E-state index is 0.0116. The van der Waals surface area contributed by atoms with Crippen molar-refractivity contribution in [3.8, 4) is 0 Å². The van der Waals surface area contributed by atoms with Crippen molar-refractivity contribution >= 4 is 28.9 Å². The van der Waals surface area contributed by atoms with Crippen molar-refractivity contribution in [1.29, 1.82) is 0 Å². The highest BCUT2D eigenvalue weighted by molar-refractivity contribution is 7.99. The number of thioether (sulfide) groups is 1. The molecule has 0 radical (unpaired) electrons. The minimum atomic E-state index is -0.835. The van der Waals surface area contributed by atoms with Crippen LogP contribution >= 0.6 is 11.8 Å². The molecule has 0 fully saturated rings. The number of rotatable bonds is 6. The van der Waals surface area contributed by atoms with Gasteiger partial charge in [0.05, 0.1) is 5.75 Å². The van der Waals surface area contributed by atoms with Crippen molar-refractivity contribution in [3.05, 3.63) is 18.3 Å². The Kier molecular flexibility index (Phi) is 4.65. The average molecular weight is 293 g/mol. The van der Waals surface area contributed by atoms with Crippen molar-refractivity contribution in [3.63, 3.8) is 0 Å². The van der Waals surface area contributed by atoms with Crippen molar-refractivity contribution in [2.75, 3.05) is 5.75 Å². The number of pyridine rings is 1. The van der Waals surface area contributed by atoms with Gasteiger partial charge in [0.15, 0.2) is 10.8 Å². The Hall–Kier alpha value is -1.56. The van der Waals surface area contributed by atoms with E-state index >= 15 is 0 Å². The Morgan fingerprint density at radius 1 is 1.45 bits per heavy atom. The molecule has 0 amide bonds. The van der Waals surface area contributed by atoms with Crippen LogP contribution in [-0.4, -0.2) is 31.4 Å². The van der Waals surface area contributed by atoms with Crippen LogP contribution in [0.2, 0.25) is 0 Å². The third kappa shape index (κ3) is 3.30. The van der Waals surface area contributed by atoms with Crippen LogP contribution in [0.25, 0.3) is 11.2 Å². The molecule has 0 saturated heterocycles. The Labute approximate surface area is 122 Å². The van der Waals surface area contributed by atoms with Gasteiger partial charge in [-0.1, -0.05) is 25.6 Å². The van der Waals surface area contributed by atoms with Gasteiger partial charge in [0.1, 0.15) is 5.52 Å². The normalized spacial score (nSPS) is 13.0. The fraction of sp³-hybridized carbons (Fsp3) is 0.500. The number of fused-ring (bicyclic) bond motifs is 1. The zero-order valence-electron chi connectivity index (χ0n) is 11.9. The van der Waals surface area contributed by atoms with E-state index in [1.165, 1.54) is 11.8 Å². The lowest BCUT2D eigenvalue weighted by atomic mass is 10.1. The van der Waals surface area contributed by atoms with Gasteiger partial charge in [0.25, 0.3) is 0 Å². The van der Waals surface area contributed by atoms with E-state index in [1.54, 1.807) is 6.20 Å². The van der Waals surface area contributed by atoms with E-state index in [2.05, 4.69) is 35.3 Å². The molecule has 1 unspecified atom stereocenters. The standard InChI is InChI=1S/C14H19N3O2S/c1-9(2)7-10(3)17-13-11(5-4-6-15-13)16-14(17)20-8-12(18)19/h4-6,9-10H,7-8H2,1-3H3,(H,18,19). The maximum Gasteiger partial charge on any atom is 0.313 e. The lowest BCUT2D eigenvalue weighted by molar-refractivity contribution is -0.133. The summed E-state index contributed by atoms with van der Waals surface area (Å²) in [6.45, 7) is 6.47. The van der Waals surface area contributed by atoms with Crippen LogP contribution in [0.3, 0.4) is 0 Å². The summed E-state index contributed by atoms with van der Waals surface area (Å²) in [5, 5.41) is 9.58. The minimum Gasteiger partial charge on any atom is -0.481 e. The maximum absolute atomic E-state index is 10.8. The maximum atomic E-state index is 10.8. The summed E-state index contributed by atoms with van der Waals surface area (Å²) in [5.74, 6) is -0.265. The third-order valence-corrected chi connectivity index (χ3v) is 3.93. The van der Waals surface area contributed by atoms with Crippen molar-refractivity contribution in [1.82, 2.24) is 14.5 Å². The van der Waals surface area contributed by atoms with Crippen molar-refractivity contribution in [2.24, 2.45) is 5.92 Å². The molecule has 0 aliphatic rings. The molecule has 1 N–H and O–H groups in total. The van der Waals surface area contributed by atoms with Crippen LogP contribution in [0.15, 0.2) is 23.5 Å². The number of aromatic nitrogens is 3. The van der Waals surface area contributed by atoms with E-state index in [-0.39, 0.29) is 11.8 Å². The van der Waals surface area contributed by atoms with Crippen molar-refractivity contribution in [2.45, 2.75) is 38.4 Å². The number of nitrogens with zero attached hydrogens (tertiary/aromatic N) is 3. The number of imidazole rings is 1. The van der Waals surface area contributed by atoms with Gasteiger partial charge in [-0.3, -0.25) is 4.79 Å². The van der Waals surface area contributed by atoms with Gasteiger partial charge in [0.2, 0.25) is 0 Å². The van der Waals surface area contributed by atoms with Gasteiger partial charge in [0, 0.05) is 12.2 Å². The number of hydrogen-bond acceptors (Lipinski definition) is 4. The molecule has 5 nitrogen and oxygen atoms in total. The summed E-state index contributed by atoms with van der Waals surface area (Å²) < 4.78 is 2.06.